The van der Waals surface area contributed by atoms with Crippen molar-refractivity contribution in [2.24, 2.45) is 5.73 Å². The summed E-state index contributed by atoms with van der Waals surface area (Å²) >= 11 is 1.86. The van der Waals surface area contributed by atoms with E-state index in [1.165, 1.54) is 32.0 Å². The third-order valence-electron chi connectivity index (χ3n) is 18.5. The van der Waals surface area contributed by atoms with Gasteiger partial charge in [0.15, 0.2) is 12.6 Å². The molecule has 0 saturated carbocycles. The second-order valence-corrected chi connectivity index (χ2v) is 30.1. The number of aromatic nitrogens is 1. The SMILES string of the molecule is CC(O)[C@@H]1NC(=O)[C@H](CCCCN)NC(=O)[C@@H](Cc2c[nH]c3ccccc23)NC(=O)[C@H](Cc2ccc(O)c([123I])c2)NC(=O)C(NC(=O)C(Cc2ccccc2)NCC2(O)OCC(O)[C@@H](O[C@@H]3OC(CO)[C@@H](O[C@@H]4OC(CO)[C@@H](O)[C@H](O)C4O)[C@H](O)C3O)C2O)CSSC[C@@H](C(=O)N[C@H](CO)C(C)O)NC1=O. The number of hydrogen-bond donors (Lipinski definition) is 24. The van der Waals surface area contributed by atoms with Crippen molar-refractivity contribution in [1.29, 1.82) is 0 Å². The summed E-state index contributed by atoms with van der Waals surface area (Å²) in [6, 6.07) is 7.17. The Hall–Kier alpha value is -6.08. The molecule has 39 heteroatoms. The second-order valence-electron chi connectivity index (χ2n) is 26.4. The smallest absolute Gasteiger partial charge is 0.245 e. The molecule has 4 aliphatic heterocycles. The molecular weight excluding hydrogens is 1550 g/mol. The number of aliphatic hydroxyl groups excluding tert-OH is 12. The summed E-state index contributed by atoms with van der Waals surface area (Å²) in [5.74, 6) is -10.7. The Morgan fingerprint density at radius 1 is 0.708 bits per heavy atom. The highest BCUT2D eigenvalue weighted by Gasteiger charge is 2.55. The molecule has 4 aliphatic rings. The Morgan fingerprint density at radius 3 is 1.99 bits per heavy atom. The molecule has 25 N–H and O–H groups in total. The van der Waals surface area contributed by atoms with Crippen LogP contribution in [0, 0.1) is 3.57 Å². The van der Waals surface area contributed by atoms with Gasteiger partial charge in [0, 0.05) is 41.4 Å². The van der Waals surface area contributed by atoms with Crippen molar-refractivity contribution in [3.63, 3.8) is 0 Å². The zero-order valence-corrected chi connectivity index (χ0v) is 61.4. The Bertz CT molecular complexity index is 3560. The van der Waals surface area contributed by atoms with Crippen molar-refractivity contribution < 1.29 is 129 Å². The van der Waals surface area contributed by atoms with Crippen LogP contribution in [0.4, 0.5) is 0 Å². The van der Waals surface area contributed by atoms with Crippen molar-refractivity contribution in [1.82, 2.24) is 47.5 Å². The molecular formula is C67H95IN10O26S2. The number of phenols is 1. The number of para-hydroxylation sites is 1. The molecule has 4 saturated heterocycles. The number of ether oxygens (including phenoxy) is 5. The number of fused-ring (bicyclic) bond motifs is 1. The summed E-state index contributed by atoms with van der Waals surface area (Å²) in [7, 11) is 1.72. The minimum Gasteiger partial charge on any atom is -0.507 e. The van der Waals surface area contributed by atoms with Crippen LogP contribution >= 0.6 is 44.2 Å². The van der Waals surface area contributed by atoms with Crippen LogP contribution in [0.2, 0.25) is 0 Å². The number of carbonyl (C=O) groups excluding carboxylic acids is 7. The molecule has 7 amide bonds. The maximum absolute atomic E-state index is 15.4. The van der Waals surface area contributed by atoms with Crippen molar-refractivity contribution >= 4 is 96.4 Å². The lowest BCUT2D eigenvalue weighted by molar-refractivity contribution is -0.383. The molecule has 24 atom stereocenters. The van der Waals surface area contributed by atoms with E-state index in [1.54, 1.807) is 60.8 Å². The number of unbranched alkanes of at least 4 members (excludes halogenated alkanes) is 1. The average Bonchev–Trinajstić information content (AvgIpc) is 0.874. The molecule has 4 aromatic rings. The van der Waals surface area contributed by atoms with E-state index in [4.69, 9.17) is 29.4 Å². The summed E-state index contributed by atoms with van der Waals surface area (Å²) in [4.78, 5) is 107. The van der Waals surface area contributed by atoms with Gasteiger partial charge in [-0.1, -0.05) is 76.2 Å². The van der Waals surface area contributed by atoms with E-state index in [1.807, 2.05) is 22.6 Å². The maximum Gasteiger partial charge on any atom is 0.245 e. The van der Waals surface area contributed by atoms with E-state index >= 15 is 19.2 Å². The van der Waals surface area contributed by atoms with Gasteiger partial charge in [-0.2, -0.15) is 0 Å². The number of nitrogens with one attached hydrogen (secondary N) is 9. The van der Waals surface area contributed by atoms with Gasteiger partial charge in [-0.15, -0.1) is 0 Å². The minimum atomic E-state index is -2.82. The number of aliphatic hydroxyl groups is 13. The van der Waals surface area contributed by atoms with Crippen molar-refractivity contribution in [2.45, 2.75) is 198 Å². The molecule has 11 unspecified atom stereocenters. The highest BCUT2D eigenvalue weighted by Crippen LogP contribution is 2.34. The second kappa shape index (κ2) is 40.0. The Morgan fingerprint density at radius 2 is 1.33 bits per heavy atom. The molecule has 5 heterocycles. The van der Waals surface area contributed by atoms with E-state index < -0.39 is 232 Å². The van der Waals surface area contributed by atoms with Gasteiger partial charge in [0.05, 0.1) is 60.8 Å². The fourth-order valence-corrected chi connectivity index (χ4v) is 15.1. The van der Waals surface area contributed by atoms with Crippen molar-refractivity contribution in [3.05, 3.63) is 99.3 Å². The Balaban J connectivity index is 1.12. The fourth-order valence-electron chi connectivity index (χ4n) is 12.2. The average molecular weight is 1640 g/mol. The van der Waals surface area contributed by atoms with E-state index in [0.717, 1.165) is 21.6 Å². The van der Waals surface area contributed by atoms with Crippen LogP contribution in [-0.4, -0.2) is 315 Å². The molecule has 4 fully saturated rings. The van der Waals surface area contributed by atoms with Gasteiger partial charge >= 0.3 is 0 Å². The third-order valence-corrected chi connectivity index (χ3v) is 21.8. The number of H-pyrrole nitrogens is 1. The number of phenolic OH excluding ortho intramolecular Hbond substituents is 1. The number of rotatable bonds is 26. The topological polar surface area (TPSA) is 587 Å². The molecule has 0 spiro atoms. The van der Waals surface area contributed by atoms with Gasteiger partial charge in [-0.3, -0.25) is 33.6 Å². The fraction of sp³-hybridized carbons (Fsp3) is 0.597. The summed E-state index contributed by atoms with van der Waals surface area (Å²) in [6.45, 7) is -1.65. The lowest BCUT2D eigenvalue weighted by Crippen LogP contribution is -2.69. The molecule has 8 rings (SSSR count). The molecule has 1 aromatic heterocycles. The highest BCUT2D eigenvalue weighted by atomic mass is 123. The first-order valence-corrected chi connectivity index (χ1v) is 37.9. The monoisotopic (exact) mass is 1640 g/mol. The lowest BCUT2D eigenvalue weighted by Gasteiger charge is -2.48. The Kier molecular flexibility index (Phi) is 32.3. The number of aromatic hydroxyl groups is 1. The number of halogens is 1. The van der Waals surface area contributed by atoms with Crippen LogP contribution in [0.15, 0.2) is 79.0 Å². The van der Waals surface area contributed by atoms with Crippen molar-refractivity contribution in [2.75, 3.05) is 51.0 Å². The van der Waals surface area contributed by atoms with Crippen LogP contribution in [0.5, 0.6) is 5.75 Å². The van der Waals surface area contributed by atoms with Crippen LogP contribution < -0.4 is 48.3 Å². The zero-order valence-electron chi connectivity index (χ0n) is 57.6. The minimum absolute atomic E-state index is 0.0791. The first kappa shape index (κ1) is 85.5. The summed E-state index contributed by atoms with van der Waals surface area (Å²) in [5, 5.41) is 174. The van der Waals surface area contributed by atoms with Gasteiger partial charge < -0.3 is 148 Å². The molecule has 36 nitrogen and oxygen atoms in total. The number of carbonyl (C=O) groups is 7. The van der Waals surface area contributed by atoms with E-state index in [9.17, 15) is 85.9 Å². The lowest BCUT2D eigenvalue weighted by atomic mass is 9.94. The maximum atomic E-state index is 15.4. The first-order valence-electron chi connectivity index (χ1n) is 34.3. The standard InChI is InChI=1S/C67H95IN10O26S2/c1-30(82)42(23-79)75-63(97)44-28-106-105-27-43(76-59(93)39(19-32-10-4-3-5-11-32)71-29-67(99)57(91)55(46(85)26-100-67)103-66-54(90)52(88)56(48(25-81)102-66)104-65-53(89)51(87)50(86)47(24-80)101-65)62(96)73-40(20-33-15-16-45(84)36(68)18-33)60(94)74-41(21-34-22-70-37-13-7-6-12-35(34)37)61(95)72-38(14-8-9-17-69)58(92)78-49(31(2)83)64(98)77-44/h3-7,10-13,15-16,18,22,30-31,38-44,46-57,65-66,70-71,79-91,99H,8-9,14,17,19-21,23-29,69H2,1-2H3,(H,72,95)(H,73,96)(H,74,94)(H,75,97)(H,76,93)(H,77,98)(H,78,92)/t30?,31?,38-,39?,40-,41+,42+,43?,44-,46?,47?,48?,49-,50+,51-,52+,53?,54?,55+,56+,57?,65-,66-,67?/m0/s1/i68-4. The van der Waals surface area contributed by atoms with Gasteiger partial charge in [0.2, 0.25) is 47.1 Å². The van der Waals surface area contributed by atoms with Gasteiger partial charge in [-0.05, 0) is 104 Å². The number of aromatic amines is 1. The van der Waals surface area contributed by atoms with Crippen LogP contribution in [0.1, 0.15) is 49.8 Å². The summed E-state index contributed by atoms with van der Waals surface area (Å²) < 4.78 is 28.5. The number of amides is 7. The van der Waals surface area contributed by atoms with E-state index in [0.29, 0.717) is 37.6 Å². The van der Waals surface area contributed by atoms with Gasteiger partial charge in [0.25, 0.3) is 0 Å². The van der Waals surface area contributed by atoms with Gasteiger partial charge in [-0.25, -0.2) is 0 Å². The van der Waals surface area contributed by atoms with Crippen LogP contribution in [0.25, 0.3) is 10.9 Å². The summed E-state index contributed by atoms with van der Waals surface area (Å²) in [5.41, 5.74) is 7.90. The normalized spacial score (nSPS) is 32.4. The molecule has 3 aromatic carbocycles. The van der Waals surface area contributed by atoms with Gasteiger partial charge in [0.1, 0.15) is 109 Å². The predicted molar refractivity (Wildman–Crippen MR) is 384 cm³/mol. The number of nitrogens with two attached hydrogens (primary N) is 1. The van der Waals surface area contributed by atoms with Crippen LogP contribution in [0.3, 0.4) is 0 Å². The molecule has 0 radical (unpaired) electrons. The first-order chi connectivity index (χ1) is 50.5. The molecule has 0 aliphatic carbocycles. The quantitative estimate of drug-likeness (QED) is 0.0158. The summed E-state index contributed by atoms with van der Waals surface area (Å²) in [6.07, 6.45) is -26.5. The van der Waals surface area contributed by atoms with Crippen LogP contribution in [-0.2, 0) is 76.5 Å². The third kappa shape index (κ3) is 22.3. The highest BCUT2D eigenvalue weighted by molar-refractivity contribution is 14.1. The molecule has 0 bridgehead atoms. The number of benzene rings is 3. The van der Waals surface area contributed by atoms with E-state index in [-0.39, 0.29) is 44.4 Å². The van der Waals surface area contributed by atoms with E-state index in [2.05, 4.69) is 47.5 Å². The number of hydrogen-bond acceptors (Lipinski definition) is 30. The molecule has 106 heavy (non-hydrogen) atoms. The van der Waals surface area contributed by atoms with Crippen molar-refractivity contribution in [3.8, 4) is 5.75 Å². The Labute approximate surface area is 629 Å². The predicted octanol–water partition coefficient (Wildman–Crippen LogP) is -7.41. The zero-order chi connectivity index (χ0) is 77.3. The largest absolute Gasteiger partial charge is 0.507 e. The molecule has 588 valence electrons.